The number of alkyl halides is 2. The van der Waals surface area contributed by atoms with Crippen LogP contribution in [0.4, 0.5) is 8.78 Å². The molecule has 0 bridgehead atoms. The summed E-state index contributed by atoms with van der Waals surface area (Å²) in [6.07, 6.45) is 0.418. The number of carbonyl (C=O) groups excluding carboxylic acids is 2. The van der Waals surface area contributed by atoms with E-state index in [9.17, 15) is 18.4 Å². The summed E-state index contributed by atoms with van der Waals surface area (Å²) in [5.74, 6) is -0.462. The molecule has 0 spiro atoms. The fourth-order valence-electron chi connectivity index (χ4n) is 3.63. The Morgan fingerprint density at radius 2 is 1.77 bits per heavy atom. The number of hydrogen-bond acceptors (Lipinski definition) is 4. The Hall–Kier alpha value is -3.46. The Balaban J connectivity index is 1.80. The van der Waals surface area contributed by atoms with Crippen molar-refractivity contribution in [1.82, 2.24) is 20.0 Å². The maximum Gasteiger partial charge on any atom is 0.255 e. The second kappa shape index (κ2) is 12.3. The summed E-state index contributed by atoms with van der Waals surface area (Å²) in [5, 5.41) is 7.37. The molecule has 0 saturated carbocycles. The van der Waals surface area contributed by atoms with Gasteiger partial charge in [0, 0.05) is 36.8 Å². The molecular formula is C25H27ClF2N4O3. The Morgan fingerprint density at radius 1 is 1.11 bits per heavy atom. The van der Waals surface area contributed by atoms with Gasteiger partial charge >= 0.3 is 0 Å². The quantitative estimate of drug-likeness (QED) is 0.425. The van der Waals surface area contributed by atoms with Crippen molar-refractivity contribution < 1.29 is 23.1 Å². The van der Waals surface area contributed by atoms with Crippen molar-refractivity contribution in [2.75, 3.05) is 13.7 Å². The van der Waals surface area contributed by atoms with Gasteiger partial charge in [0.05, 0.1) is 19.9 Å². The highest BCUT2D eigenvalue weighted by molar-refractivity contribution is 6.30. The van der Waals surface area contributed by atoms with E-state index < -0.39 is 30.8 Å². The molecule has 0 saturated heterocycles. The molecule has 1 aromatic heterocycles. The van der Waals surface area contributed by atoms with Gasteiger partial charge in [-0.15, -0.1) is 0 Å². The van der Waals surface area contributed by atoms with E-state index in [1.807, 2.05) is 0 Å². The first-order chi connectivity index (χ1) is 16.8. The number of amides is 2. The number of ether oxygens (including phenoxy) is 1. The summed E-state index contributed by atoms with van der Waals surface area (Å²) >= 11 is 5.90. The van der Waals surface area contributed by atoms with Crippen LogP contribution in [0.3, 0.4) is 0 Å². The highest BCUT2D eigenvalue weighted by Gasteiger charge is 2.33. The second-order valence-corrected chi connectivity index (χ2v) is 8.42. The largest absolute Gasteiger partial charge is 0.497 e. The van der Waals surface area contributed by atoms with E-state index in [4.69, 9.17) is 16.3 Å². The van der Waals surface area contributed by atoms with Crippen molar-refractivity contribution in [2.24, 2.45) is 7.05 Å². The lowest BCUT2D eigenvalue weighted by Gasteiger charge is -2.30. The summed E-state index contributed by atoms with van der Waals surface area (Å²) in [5.41, 5.74) is 1.97. The Bertz CT molecular complexity index is 1120. The third kappa shape index (κ3) is 7.51. The van der Waals surface area contributed by atoms with Crippen LogP contribution < -0.4 is 10.1 Å². The van der Waals surface area contributed by atoms with Crippen LogP contribution >= 0.6 is 11.6 Å². The van der Waals surface area contributed by atoms with Crippen molar-refractivity contribution in [3.8, 4) is 5.75 Å². The third-order valence-electron chi connectivity index (χ3n) is 5.42. The zero-order chi connectivity index (χ0) is 25.4. The summed E-state index contributed by atoms with van der Waals surface area (Å²) in [4.78, 5) is 27.3. The molecule has 0 radical (unpaired) electrons. The number of aromatic nitrogens is 2. The van der Waals surface area contributed by atoms with Gasteiger partial charge < -0.3 is 15.0 Å². The molecule has 10 heteroatoms. The van der Waals surface area contributed by atoms with Gasteiger partial charge in [0.1, 0.15) is 11.8 Å². The molecule has 1 N–H and O–H groups in total. The number of methoxy groups -OCH3 is 1. The first kappa shape index (κ1) is 26.2. The lowest BCUT2D eigenvalue weighted by atomic mass is 10.1. The molecule has 3 aromatic rings. The van der Waals surface area contributed by atoms with Crippen LogP contribution in [0.15, 0.2) is 60.9 Å². The van der Waals surface area contributed by atoms with E-state index in [-0.39, 0.29) is 13.0 Å². The molecule has 0 aliphatic heterocycles. The summed E-state index contributed by atoms with van der Waals surface area (Å²) in [6.45, 7) is -0.731. The average Bonchev–Trinajstić information content (AvgIpc) is 3.27. The first-order valence-electron chi connectivity index (χ1n) is 11.0. The number of hydrogen-bond donors (Lipinski definition) is 1. The molecule has 3 rings (SSSR count). The lowest BCUT2D eigenvalue weighted by Crippen LogP contribution is -2.45. The maximum atomic E-state index is 13.6. The molecule has 1 atom stereocenters. The minimum absolute atomic E-state index is 0.0414. The van der Waals surface area contributed by atoms with Gasteiger partial charge in [-0.1, -0.05) is 35.9 Å². The van der Waals surface area contributed by atoms with Gasteiger partial charge in [-0.3, -0.25) is 14.3 Å². The number of nitrogens with zero attached hydrogens (tertiary/aromatic N) is 3. The molecule has 0 aliphatic rings. The first-order valence-corrected chi connectivity index (χ1v) is 11.4. The molecule has 1 heterocycles. The molecule has 2 aromatic carbocycles. The second-order valence-electron chi connectivity index (χ2n) is 7.98. The van der Waals surface area contributed by atoms with E-state index >= 15 is 0 Å². The highest BCUT2D eigenvalue weighted by atomic mass is 35.5. The van der Waals surface area contributed by atoms with Crippen LogP contribution in [0.5, 0.6) is 5.75 Å². The standard InChI is InChI=1S/C25H27ClF2N4O3/c1-31-15-19(14-30-31)24(25(34)29-13-18-3-8-20(26)9-4-18)32(16-22(27)28)23(33)12-7-17-5-10-21(35-2)11-6-17/h3-6,8-11,14-15,22,24H,7,12-13,16H2,1-2H3,(H,29,34). The van der Waals surface area contributed by atoms with Gasteiger partial charge in [-0.25, -0.2) is 8.78 Å². The van der Waals surface area contributed by atoms with Crippen LogP contribution in [0.1, 0.15) is 29.2 Å². The molecule has 186 valence electrons. The minimum atomic E-state index is -2.82. The minimum Gasteiger partial charge on any atom is -0.497 e. The van der Waals surface area contributed by atoms with Crippen LogP contribution in [-0.2, 0) is 29.6 Å². The van der Waals surface area contributed by atoms with Crippen molar-refractivity contribution in [2.45, 2.75) is 31.9 Å². The van der Waals surface area contributed by atoms with Crippen LogP contribution in [-0.4, -0.2) is 46.6 Å². The molecule has 0 fully saturated rings. The van der Waals surface area contributed by atoms with E-state index in [1.54, 1.807) is 68.9 Å². The normalized spacial score (nSPS) is 11.8. The monoisotopic (exact) mass is 504 g/mol. The van der Waals surface area contributed by atoms with Gasteiger partial charge in [-0.2, -0.15) is 5.10 Å². The fraction of sp³-hybridized carbons (Fsp3) is 0.320. The fourth-order valence-corrected chi connectivity index (χ4v) is 3.76. The van der Waals surface area contributed by atoms with E-state index in [1.165, 1.54) is 10.9 Å². The van der Waals surface area contributed by atoms with Gasteiger partial charge in [0.25, 0.3) is 6.43 Å². The van der Waals surface area contributed by atoms with E-state index in [0.29, 0.717) is 22.8 Å². The Kier molecular flexibility index (Phi) is 9.19. The summed E-state index contributed by atoms with van der Waals surface area (Å²) in [7, 11) is 3.20. The number of rotatable bonds is 11. The molecule has 35 heavy (non-hydrogen) atoms. The van der Waals surface area contributed by atoms with Crippen molar-refractivity contribution in [3.05, 3.63) is 82.6 Å². The Morgan fingerprint density at radius 3 is 2.34 bits per heavy atom. The predicted molar refractivity (Wildman–Crippen MR) is 128 cm³/mol. The van der Waals surface area contributed by atoms with E-state index in [2.05, 4.69) is 10.4 Å². The molecule has 0 aliphatic carbocycles. The number of nitrogens with one attached hydrogen (secondary N) is 1. The van der Waals surface area contributed by atoms with Crippen molar-refractivity contribution in [1.29, 1.82) is 0 Å². The summed E-state index contributed by atoms with van der Waals surface area (Å²) in [6, 6.07) is 12.8. The maximum absolute atomic E-state index is 13.6. The molecule has 7 nitrogen and oxygen atoms in total. The molecule has 1 unspecified atom stereocenters. The zero-order valence-corrected chi connectivity index (χ0v) is 20.2. The summed E-state index contributed by atoms with van der Waals surface area (Å²) < 4.78 is 33.7. The molecule has 2 amide bonds. The smallest absolute Gasteiger partial charge is 0.255 e. The lowest BCUT2D eigenvalue weighted by molar-refractivity contribution is -0.143. The molecular weight excluding hydrogens is 478 g/mol. The highest BCUT2D eigenvalue weighted by Crippen LogP contribution is 2.24. The van der Waals surface area contributed by atoms with Crippen LogP contribution in [0.2, 0.25) is 5.02 Å². The van der Waals surface area contributed by atoms with Crippen molar-refractivity contribution in [3.63, 3.8) is 0 Å². The zero-order valence-electron chi connectivity index (χ0n) is 19.5. The third-order valence-corrected chi connectivity index (χ3v) is 5.67. The average molecular weight is 505 g/mol. The predicted octanol–water partition coefficient (Wildman–Crippen LogP) is 4.17. The SMILES string of the molecule is COc1ccc(CCC(=O)N(CC(F)F)C(C(=O)NCc2ccc(Cl)cc2)c2cnn(C)c2)cc1. The van der Waals surface area contributed by atoms with Crippen LogP contribution in [0.25, 0.3) is 0 Å². The number of benzene rings is 2. The van der Waals surface area contributed by atoms with Crippen LogP contribution in [0, 0.1) is 0 Å². The van der Waals surface area contributed by atoms with Gasteiger partial charge in [0.2, 0.25) is 11.8 Å². The number of aryl methyl sites for hydroxylation is 2. The van der Waals surface area contributed by atoms with Gasteiger partial charge in [0.15, 0.2) is 0 Å². The van der Waals surface area contributed by atoms with Crippen molar-refractivity contribution >= 4 is 23.4 Å². The van der Waals surface area contributed by atoms with E-state index in [0.717, 1.165) is 16.0 Å². The Labute approximate surface area is 207 Å². The van der Waals surface area contributed by atoms with Gasteiger partial charge in [-0.05, 0) is 41.8 Å². The number of carbonyl (C=O) groups is 2. The topological polar surface area (TPSA) is 76.5 Å². The number of halogens is 3.